The summed E-state index contributed by atoms with van der Waals surface area (Å²) >= 11 is 4.71. The summed E-state index contributed by atoms with van der Waals surface area (Å²) in [7, 11) is 0. The summed E-state index contributed by atoms with van der Waals surface area (Å²) in [5.41, 5.74) is 0. The first-order valence-electron chi connectivity index (χ1n) is 5.22. The molecule has 1 aromatic heterocycles. The second-order valence-electron chi connectivity index (χ2n) is 3.73. The minimum atomic E-state index is 0.0207. The highest BCUT2D eigenvalue weighted by atomic mass is 79.9. The molecule has 0 saturated carbocycles. The lowest BCUT2D eigenvalue weighted by atomic mass is 10.3. The summed E-state index contributed by atoms with van der Waals surface area (Å²) in [6, 6.07) is 0.470. The third kappa shape index (κ3) is 5.58. The predicted molar refractivity (Wildman–Crippen MR) is 70.8 cm³/mol. The van der Waals surface area contributed by atoms with Crippen molar-refractivity contribution < 1.29 is 4.79 Å². The van der Waals surface area contributed by atoms with Crippen molar-refractivity contribution in [3.05, 3.63) is 9.98 Å². The van der Waals surface area contributed by atoms with Crippen molar-refractivity contribution in [1.82, 2.24) is 10.3 Å². The van der Waals surface area contributed by atoms with Crippen molar-refractivity contribution in [2.24, 2.45) is 0 Å². The highest BCUT2D eigenvalue weighted by Gasteiger charge is 2.05. The van der Waals surface area contributed by atoms with Crippen LogP contribution in [0.4, 0.5) is 5.13 Å². The fourth-order valence-corrected chi connectivity index (χ4v) is 2.26. The van der Waals surface area contributed by atoms with Crippen molar-refractivity contribution in [3.8, 4) is 0 Å². The molecule has 0 spiro atoms. The largest absolute Gasteiger partial charge is 0.315 e. The van der Waals surface area contributed by atoms with E-state index in [1.165, 1.54) is 11.3 Å². The van der Waals surface area contributed by atoms with Gasteiger partial charge in [-0.05, 0) is 28.9 Å². The van der Waals surface area contributed by atoms with Crippen LogP contribution in [0.1, 0.15) is 26.7 Å². The van der Waals surface area contributed by atoms with Crippen LogP contribution in [-0.4, -0.2) is 23.5 Å². The van der Waals surface area contributed by atoms with Gasteiger partial charge in [0.15, 0.2) is 5.13 Å². The Bertz CT molecular complexity index is 341. The molecule has 0 aliphatic rings. The first kappa shape index (κ1) is 13.6. The van der Waals surface area contributed by atoms with Gasteiger partial charge in [0.25, 0.3) is 0 Å². The van der Waals surface area contributed by atoms with Crippen LogP contribution in [0.5, 0.6) is 0 Å². The number of nitrogens with zero attached hydrogens (tertiary/aromatic N) is 1. The van der Waals surface area contributed by atoms with E-state index < -0.39 is 0 Å². The van der Waals surface area contributed by atoms with Crippen molar-refractivity contribution in [2.45, 2.75) is 32.7 Å². The average molecular weight is 306 g/mol. The van der Waals surface area contributed by atoms with Gasteiger partial charge in [-0.2, -0.15) is 0 Å². The van der Waals surface area contributed by atoms with Crippen LogP contribution in [0.25, 0.3) is 0 Å². The second-order valence-corrected chi connectivity index (χ2v) is 6.14. The number of nitrogens with one attached hydrogen (secondary N) is 2. The first-order valence-corrected chi connectivity index (χ1v) is 6.83. The topological polar surface area (TPSA) is 54.0 Å². The van der Waals surface area contributed by atoms with Gasteiger partial charge >= 0.3 is 0 Å². The van der Waals surface area contributed by atoms with Gasteiger partial charge in [-0.3, -0.25) is 4.79 Å². The summed E-state index contributed by atoms with van der Waals surface area (Å²) in [6.45, 7) is 5.05. The van der Waals surface area contributed by atoms with E-state index in [2.05, 4.69) is 45.4 Å². The molecule has 0 radical (unpaired) electrons. The molecule has 0 aliphatic heterocycles. The molecule has 0 aromatic carbocycles. The van der Waals surface area contributed by atoms with Crippen molar-refractivity contribution >= 4 is 38.3 Å². The summed E-state index contributed by atoms with van der Waals surface area (Å²) < 4.78 is 0.921. The monoisotopic (exact) mass is 305 g/mol. The fraction of sp³-hybridized carbons (Fsp3) is 0.600. The fourth-order valence-electron chi connectivity index (χ4n) is 1.13. The number of thiazole rings is 1. The van der Waals surface area contributed by atoms with Crippen LogP contribution in [-0.2, 0) is 4.79 Å². The van der Waals surface area contributed by atoms with E-state index in [1.54, 1.807) is 6.20 Å². The molecule has 16 heavy (non-hydrogen) atoms. The molecule has 0 aliphatic carbocycles. The molecule has 0 saturated heterocycles. The van der Waals surface area contributed by atoms with Gasteiger partial charge in [-0.25, -0.2) is 4.98 Å². The molecule has 90 valence electrons. The molecule has 1 rings (SSSR count). The zero-order valence-electron chi connectivity index (χ0n) is 9.42. The Labute approximate surface area is 108 Å². The van der Waals surface area contributed by atoms with E-state index in [4.69, 9.17) is 0 Å². The normalized spacial score (nSPS) is 10.8. The van der Waals surface area contributed by atoms with Crippen molar-refractivity contribution in [3.63, 3.8) is 0 Å². The smallest absolute Gasteiger partial charge is 0.226 e. The summed E-state index contributed by atoms with van der Waals surface area (Å²) in [5.74, 6) is 0.0207. The van der Waals surface area contributed by atoms with Gasteiger partial charge in [0, 0.05) is 12.5 Å². The van der Waals surface area contributed by atoms with Gasteiger partial charge in [0.05, 0.1) is 9.98 Å². The lowest BCUT2D eigenvalue weighted by Crippen LogP contribution is -2.24. The maximum atomic E-state index is 11.5. The number of carbonyl (C=O) groups is 1. The molecule has 1 aromatic rings. The number of aromatic nitrogens is 1. The quantitative estimate of drug-likeness (QED) is 0.794. The van der Waals surface area contributed by atoms with E-state index in [0.29, 0.717) is 17.6 Å². The van der Waals surface area contributed by atoms with Gasteiger partial charge in [-0.1, -0.05) is 25.2 Å². The minimum absolute atomic E-state index is 0.0207. The third-order valence-corrected chi connectivity index (χ3v) is 3.25. The van der Waals surface area contributed by atoms with Crippen molar-refractivity contribution in [2.75, 3.05) is 11.9 Å². The number of halogens is 1. The number of hydrogen-bond donors (Lipinski definition) is 2. The standard InChI is InChI=1S/C10H16BrN3OS/c1-7(2)12-5-3-4-9(15)14-10-13-6-8(11)16-10/h6-7,12H,3-5H2,1-2H3,(H,13,14,15). The highest BCUT2D eigenvalue weighted by Crippen LogP contribution is 2.23. The van der Waals surface area contributed by atoms with E-state index in [-0.39, 0.29) is 5.91 Å². The number of amides is 1. The molecular weight excluding hydrogens is 290 g/mol. The Hall–Kier alpha value is -0.460. The second kappa shape index (κ2) is 6.98. The summed E-state index contributed by atoms with van der Waals surface area (Å²) in [5, 5.41) is 6.68. The zero-order chi connectivity index (χ0) is 12.0. The SMILES string of the molecule is CC(C)NCCCC(=O)Nc1ncc(Br)s1. The Balaban J connectivity index is 2.16. The number of carbonyl (C=O) groups excluding carboxylic acids is 1. The van der Waals surface area contributed by atoms with Gasteiger partial charge in [-0.15, -0.1) is 0 Å². The Morgan fingerprint density at radius 3 is 2.94 bits per heavy atom. The molecule has 6 heteroatoms. The molecular formula is C10H16BrN3OS. The molecule has 0 fully saturated rings. The van der Waals surface area contributed by atoms with Crippen molar-refractivity contribution in [1.29, 1.82) is 0 Å². The highest BCUT2D eigenvalue weighted by molar-refractivity contribution is 9.11. The lowest BCUT2D eigenvalue weighted by molar-refractivity contribution is -0.116. The van der Waals surface area contributed by atoms with E-state index in [9.17, 15) is 4.79 Å². The Kier molecular flexibility index (Phi) is 5.94. The molecule has 2 N–H and O–H groups in total. The van der Waals surface area contributed by atoms with Gasteiger partial charge < -0.3 is 10.6 Å². The molecule has 1 heterocycles. The third-order valence-electron chi connectivity index (χ3n) is 1.86. The lowest BCUT2D eigenvalue weighted by Gasteiger charge is -2.07. The number of rotatable bonds is 6. The van der Waals surface area contributed by atoms with Crippen LogP contribution >= 0.6 is 27.3 Å². The van der Waals surface area contributed by atoms with Gasteiger partial charge in [0.2, 0.25) is 5.91 Å². The van der Waals surface area contributed by atoms with Gasteiger partial charge in [0.1, 0.15) is 0 Å². The average Bonchev–Trinajstić information content (AvgIpc) is 2.58. The zero-order valence-corrected chi connectivity index (χ0v) is 11.8. The summed E-state index contributed by atoms with van der Waals surface area (Å²) in [4.78, 5) is 15.5. The Morgan fingerprint density at radius 1 is 1.62 bits per heavy atom. The van der Waals surface area contributed by atoms with E-state index in [1.807, 2.05) is 0 Å². The van der Waals surface area contributed by atoms with E-state index >= 15 is 0 Å². The van der Waals surface area contributed by atoms with Crippen LogP contribution in [0.2, 0.25) is 0 Å². The predicted octanol–water partition coefficient (Wildman–Crippen LogP) is 2.62. The maximum Gasteiger partial charge on any atom is 0.226 e. The summed E-state index contributed by atoms with van der Waals surface area (Å²) in [6.07, 6.45) is 3.05. The number of hydrogen-bond acceptors (Lipinski definition) is 4. The Morgan fingerprint density at radius 2 is 2.38 bits per heavy atom. The number of anilines is 1. The molecule has 0 unspecified atom stereocenters. The maximum absolute atomic E-state index is 11.5. The van der Waals surface area contributed by atoms with Crippen LogP contribution < -0.4 is 10.6 Å². The molecule has 4 nitrogen and oxygen atoms in total. The molecule has 0 atom stereocenters. The van der Waals surface area contributed by atoms with Crippen LogP contribution in [0.3, 0.4) is 0 Å². The molecule has 1 amide bonds. The minimum Gasteiger partial charge on any atom is -0.315 e. The molecule has 0 bridgehead atoms. The van der Waals surface area contributed by atoms with Crippen LogP contribution in [0.15, 0.2) is 9.98 Å². The van der Waals surface area contributed by atoms with E-state index in [0.717, 1.165) is 16.8 Å². The van der Waals surface area contributed by atoms with Crippen LogP contribution in [0, 0.1) is 0 Å². The first-order chi connectivity index (χ1) is 7.58.